The minimum atomic E-state index is 0. The topological polar surface area (TPSA) is 39.6 Å². The van der Waals surface area contributed by atoms with Gasteiger partial charge in [-0.1, -0.05) is 18.2 Å². The Morgan fingerprint density at radius 1 is 1.19 bits per heavy atom. The molecule has 2 nitrogen and oxygen atoms in total. The van der Waals surface area contributed by atoms with Crippen molar-refractivity contribution in [2.24, 2.45) is 0 Å². The van der Waals surface area contributed by atoms with Crippen LogP contribution in [0.15, 0.2) is 30.5 Å². The highest BCUT2D eigenvalue weighted by molar-refractivity contribution is 5.85. The van der Waals surface area contributed by atoms with Gasteiger partial charge in [0, 0.05) is 23.5 Å². The fourth-order valence-electron chi connectivity index (χ4n) is 1.86. The first-order valence-electron chi connectivity index (χ1n) is 5.34. The molecule has 0 atom stereocenters. The molecule has 1 aromatic heterocycles. The zero-order chi connectivity index (χ0) is 10.5. The van der Waals surface area contributed by atoms with Gasteiger partial charge in [-0.3, -0.25) is 0 Å². The number of aryl methyl sites for hydroxylation is 1. The number of hydrogen-bond acceptors (Lipinski definition) is 1. The standard InChI is InChI=1S/C13H14N2.ClH/c14-9-5-1-2-6-11-10-15-13-8-4-3-7-12(11)13;/h3-4,7-8,10,15H,1-2,5-6H2;1H. The number of aromatic amines is 1. The lowest BCUT2D eigenvalue weighted by atomic mass is 10.1. The Morgan fingerprint density at radius 3 is 2.81 bits per heavy atom. The van der Waals surface area contributed by atoms with Gasteiger partial charge in [-0.05, 0) is 30.9 Å². The molecule has 0 spiro atoms. The number of para-hydroxylation sites is 1. The number of aromatic nitrogens is 1. The molecule has 0 amide bonds. The number of nitrogens with zero attached hydrogens (tertiary/aromatic N) is 1. The molecule has 2 aromatic rings. The van der Waals surface area contributed by atoms with Crippen LogP contribution in [-0.2, 0) is 6.42 Å². The van der Waals surface area contributed by atoms with Crippen molar-refractivity contribution in [3.8, 4) is 6.07 Å². The van der Waals surface area contributed by atoms with E-state index in [4.69, 9.17) is 5.26 Å². The predicted molar refractivity (Wildman–Crippen MR) is 68.7 cm³/mol. The number of nitriles is 1. The maximum Gasteiger partial charge on any atom is 0.0621 e. The van der Waals surface area contributed by atoms with Crippen LogP contribution in [0.5, 0.6) is 0 Å². The van der Waals surface area contributed by atoms with Crippen LogP contribution in [0.25, 0.3) is 10.9 Å². The molecule has 0 aliphatic carbocycles. The van der Waals surface area contributed by atoms with Crippen LogP contribution in [0.2, 0.25) is 0 Å². The highest BCUT2D eigenvalue weighted by Crippen LogP contribution is 2.19. The summed E-state index contributed by atoms with van der Waals surface area (Å²) in [6.07, 6.45) is 5.90. The predicted octanol–water partition coefficient (Wildman–Crippen LogP) is 3.83. The van der Waals surface area contributed by atoms with Crippen LogP contribution in [0, 0.1) is 11.3 Å². The number of rotatable bonds is 4. The largest absolute Gasteiger partial charge is 0.361 e. The van der Waals surface area contributed by atoms with E-state index in [1.165, 1.54) is 16.5 Å². The van der Waals surface area contributed by atoms with Crippen LogP contribution in [0.4, 0.5) is 0 Å². The summed E-state index contributed by atoms with van der Waals surface area (Å²) >= 11 is 0. The average Bonchev–Trinajstić information content (AvgIpc) is 2.68. The van der Waals surface area contributed by atoms with E-state index < -0.39 is 0 Å². The summed E-state index contributed by atoms with van der Waals surface area (Å²) in [6, 6.07) is 10.5. The number of hydrogen-bond donors (Lipinski definition) is 1. The van der Waals surface area contributed by atoms with Crippen LogP contribution < -0.4 is 0 Å². The highest BCUT2D eigenvalue weighted by Gasteiger charge is 2.01. The molecule has 2 rings (SSSR count). The fourth-order valence-corrected chi connectivity index (χ4v) is 1.86. The molecule has 0 radical (unpaired) electrons. The molecule has 0 unspecified atom stereocenters. The first-order valence-corrected chi connectivity index (χ1v) is 5.34. The van der Waals surface area contributed by atoms with Gasteiger partial charge >= 0.3 is 0 Å². The van der Waals surface area contributed by atoms with E-state index in [-0.39, 0.29) is 12.4 Å². The Kier molecular flexibility index (Phi) is 4.88. The second kappa shape index (κ2) is 6.19. The molecule has 1 aromatic carbocycles. The Morgan fingerprint density at radius 2 is 2.00 bits per heavy atom. The summed E-state index contributed by atoms with van der Waals surface area (Å²) in [5, 5.41) is 9.75. The Balaban J connectivity index is 0.00000128. The van der Waals surface area contributed by atoms with Gasteiger partial charge in [-0.2, -0.15) is 5.26 Å². The summed E-state index contributed by atoms with van der Waals surface area (Å²) in [7, 11) is 0. The average molecular weight is 235 g/mol. The maximum absolute atomic E-state index is 8.44. The van der Waals surface area contributed by atoms with Gasteiger partial charge < -0.3 is 4.98 Å². The first-order chi connectivity index (χ1) is 7.42. The molecule has 0 fully saturated rings. The summed E-state index contributed by atoms with van der Waals surface area (Å²) in [5.41, 5.74) is 2.57. The van der Waals surface area contributed by atoms with Crippen LogP contribution >= 0.6 is 12.4 Å². The SMILES string of the molecule is Cl.N#CCCCCc1c[nH]c2ccccc12. The third-order valence-corrected chi connectivity index (χ3v) is 2.66. The summed E-state index contributed by atoms with van der Waals surface area (Å²) in [5.74, 6) is 0. The molecule has 16 heavy (non-hydrogen) atoms. The van der Waals surface area contributed by atoms with E-state index in [9.17, 15) is 0 Å². The monoisotopic (exact) mass is 234 g/mol. The highest BCUT2D eigenvalue weighted by atomic mass is 35.5. The number of H-pyrrole nitrogens is 1. The van der Waals surface area contributed by atoms with Crippen LogP contribution in [-0.4, -0.2) is 4.98 Å². The lowest BCUT2D eigenvalue weighted by Crippen LogP contribution is -1.83. The quantitative estimate of drug-likeness (QED) is 0.803. The number of benzene rings is 1. The van der Waals surface area contributed by atoms with Gasteiger partial charge in [-0.25, -0.2) is 0 Å². The van der Waals surface area contributed by atoms with Gasteiger partial charge in [0.15, 0.2) is 0 Å². The lowest BCUT2D eigenvalue weighted by molar-refractivity contribution is 0.755. The normalized spacial score (nSPS) is 9.69. The summed E-state index contributed by atoms with van der Waals surface area (Å²) < 4.78 is 0. The molecule has 1 N–H and O–H groups in total. The van der Waals surface area contributed by atoms with Crippen molar-refractivity contribution in [1.82, 2.24) is 4.98 Å². The zero-order valence-electron chi connectivity index (χ0n) is 9.07. The van der Waals surface area contributed by atoms with Gasteiger partial charge in [0.05, 0.1) is 6.07 Å². The van der Waals surface area contributed by atoms with Crippen molar-refractivity contribution in [1.29, 1.82) is 5.26 Å². The maximum atomic E-state index is 8.44. The van der Waals surface area contributed by atoms with Crippen LogP contribution in [0.3, 0.4) is 0 Å². The van der Waals surface area contributed by atoms with E-state index in [2.05, 4.69) is 35.4 Å². The minimum absolute atomic E-state index is 0. The minimum Gasteiger partial charge on any atom is -0.361 e. The van der Waals surface area contributed by atoms with E-state index in [1.54, 1.807) is 0 Å². The van der Waals surface area contributed by atoms with E-state index in [0.29, 0.717) is 6.42 Å². The number of nitrogens with one attached hydrogen (secondary N) is 1. The first kappa shape index (κ1) is 12.6. The molecule has 0 saturated heterocycles. The van der Waals surface area contributed by atoms with Crippen molar-refractivity contribution in [2.75, 3.05) is 0 Å². The number of halogens is 1. The lowest BCUT2D eigenvalue weighted by Gasteiger charge is -1.97. The molecule has 0 bridgehead atoms. The molecule has 0 aliphatic rings. The molecule has 84 valence electrons. The van der Waals surface area contributed by atoms with Crippen molar-refractivity contribution in [3.63, 3.8) is 0 Å². The Labute approximate surface area is 102 Å². The molecule has 3 heteroatoms. The van der Waals surface area contributed by atoms with Crippen molar-refractivity contribution >= 4 is 23.3 Å². The van der Waals surface area contributed by atoms with E-state index in [0.717, 1.165) is 19.3 Å². The fraction of sp³-hybridized carbons (Fsp3) is 0.308. The van der Waals surface area contributed by atoms with Crippen molar-refractivity contribution in [3.05, 3.63) is 36.0 Å². The number of fused-ring (bicyclic) bond motifs is 1. The van der Waals surface area contributed by atoms with Crippen molar-refractivity contribution in [2.45, 2.75) is 25.7 Å². The zero-order valence-corrected chi connectivity index (χ0v) is 9.89. The molecular weight excluding hydrogens is 220 g/mol. The number of unbranched alkanes of at least 4 members (excludes halogenated alkanes) is 2. The third-order valence-electron chi connectivity index (χ3n) is 2.66. The van der Waals surface area contributed by atoms with Crippen LogP contribution in [0.1, 0.15) is 24.8 Å². The second-order valence-electron chi connectivity index (χ2n) is 3.72. The van der Waals surface area contributed by atoms with E-state index >= 15 is 0 Å². The Bertz CT molecular complexity index is 482. The van der Waals surface area contributed by atoms with E-state index in [1.807, 2.05) is 6.07 Å². The summed E-state index contributed by atoms with van der Waals surface area (Å²) in [4.78, 5) is 3.26. The molecule has 1 heterocycles. The van der Waals surface area contributed by atoms with Gasteiger partial charge in [-0.15, -0.1) is 12.4 Å². The van der Waals surface area contributed by atoms with Gasteiger partial charge in [0.2, 0.25) is 0 Å². The van der Waals surface area contributed by atoms with Gasteiger partial charge in [0.1, 0.15) is 0 Å². The summed E-state index contributed by atoms with van der Waals surface area (Å²) in [6.45, 7) is 0. The second-order valence-corrected chi connectivity index (χ2v) is 3.72. The van der Waals surface area contributed by atoms with Gasteiger partial charge in [0.25, 0.3) is 0 Å². The molecular formula is C13H15ClN2. The molecule has 0 aliphatic heterocycles. The Hall–Kier alpha value is -1.46. The van der Waals surface area contributed by atoms with Crippen molar-refractivity contribution < 1.29 is 0 Å². The molecule has 0 saturated carbocycles. The smallest absolute Gasteiger partial charge is 0.0621 e. The third kappa shape index (κ3) is 2.77.